The molecule has 0 unspecified atom stereocenters. The Morgan fingerprint density at radius 1 is 1.35 bits per heavy atom. The van der Waals surface area contributed by atoms with Crippen molar-refractivity contribution in [2.45, 2.75) is 18.7 Å². The van der Waals surface area contributed by atoms with Crippen LogP contribution < -0.4 is 0 Å². The molecule has 1 rings (SSSR count). The molecule has 0 atom stereocenters. The second-order valence-electron chi connectivity index (χ2n) is 4.29. The van der Waals surface area contributed by atoms with E-state index in [2.05, 4.69) is 0 Å². The number of nitriles is 1. The van der Waals surface area contributed by atoms with E-state index in [1.54, 1.807) is 12.1 Å². The Morgan fingerprint density at radius 2 is 1.94 bits per heavy atom. The van der Waals surface area contributed by atoms with Crippen LogP contribution in [-0.4, -0.2) is 26.3 Å². The van der Waals surface area contributed by atoms with Gasteiger partial charge in [-0.15, -0.1) is 0 Å². The highest BCUT2D eigenvalue weighted by atomic mass is 32.2. The standard InChI is InChI=1S/C12H16N2O2S/c1-10(2)9-14(3)17(15,16)12-7-5-4-6-11(12)8-13/h4-7,10H,9H2,1-3H3. The van der Waals surface area contributed by atoms with E-state index in [-0.39, 0.29) is 16.4 Å². The van der Waals surface area contributed by atoms with Crippen LogP contribution in [0.25, 0.3) is 0 Å². The van der Waals surface area contributed by atoms with Crippen LogP contribution in [0, 0.1) is 17.2 Å². The van der Waals surface area contributed by atoms with Gasteiger partial charge < -0.3 is 0 Å². The van der Waals surface area contributed by atoms with Gasteiger partial charge in [0.2, 0.25) is 10.0 Å². The molecule has 5 heteroatoms. The maximum Gasteiger partial charge on any atom is 0.244 e. The van der Waals surface area contributed by atoms with Crippen molar-refractivity contribution in [1.29, 1.82) is 5.26 Å². The molecule has 0 aliphatic heterocycles. The van der Waals surface area contributed by atoms with Crippen molar-refractivity contribution in [3.8, 4) is 6.07 Å². The molecule has 0 saturated carbocycles. The summed E-state index contributed by atoms with van der Waals surface area (Å²) in [6.45, 7) is 4.33. The van der Waals surface area contributed by atoms with E-state index >= 15 is 0 Å². The van der Waals surface area contributed by atoms with E-state index in [9.17, 15) is 8.42 Å². The Bertz CT molecular complexity index is 530. The van der Waals surface area contributed by atoms with Crippen molar-refractivity contribution in [2.75, 3.05) is 13.6 Å². The Hall–Kier alpha value is -1.38. The molecule has 4 nitrogen and oxygen atoms in total. The van der Waals surface area contributed by atoms with Crippen molar-refractivity contribution < 1.29 is 8.42 Å². The average molecular weight is 252 g/mol. The predicted molar refractivity (Wildman–Crippen MR) is 65.8 cm³/mol. The molecule has 17 heavy (non-hydrogen) atoms. The number of sulfonamides is 1. The summed E-state index contributed by atoms with van der Waals surface area (Å²) < 4.78 is 25.7. The fourth-order valence-corrected chi connectivity index (χ4v) is 3.04. The van der Waals surface area contributed by atoms with Gasteiger partial charge in [0.05, 0.1) is 10.5 Å². The highest BCUT2D eigenvalue weighted by molar-refractivity contribution is 7.89. The minimum absolute atomic E-state index is 0.0747. The summed E-state index contributed by atoms with van der Waals surface area (Å²) >= 11 is 0. The molecule has 0 radical (unpaired) electrons. The molecule has 0 amide bonds. The fraction of sp³-hybridized carbons (Fsp3) is 0.417. The van der Waals surface area contributed by atoms with Gasteiger partial charge in [-0.05, 0) is 18.1 Å². The van der Waals surface area contributed by atoms with Gasteiger partial charge in [-0.25, -0.2) is 12.7 Å². The van der Waals surface area contributed by atoms with Gasteiger partial charge in [0.1, 0.15) is 6.07 Å². The van der Waals surface area contributed by atoms with Crippen LogP contribution >= 0.6 is 0 Å². The van der Waals surface area contributed by atoms with Gasteiger partial charge in [0.25, 0.3) is 0 Å². The van der Waals surface area contributed by atoms with Crippen LogP contribution in [0.5, 0.6) is 0 Å². The third kappa shape index (κ3) is 3.05. The minimum atomic E-state index is -3.57. The van der Waals surface area contributed by atoms with Crippen molar-refractivity contribution in [3.05, 3.63) is 29.8 Å². The zero-order chi connectivity index (χ0) is 13.1. The molecule has 0 aromatic heterocycles. The average Bonchev–Trinajstić information content (AvgIpc) is 2.28. The molecule has 0 aliphatic rings. The Kier molecular flexibility index (Phi) is 4.27. The predicted octanol–water partition coefficient (Wildman–Crippen LogP) is 1.83. The lowest BCUT2D eigenvalue weighted by Gasteiger charge is -2.19. The van der Waals surface area contributed by atoms with Crippen molar-refractivity contribution in [1.82, 2.24) is 4.31 Å². The first-order valence-corrected chi connectivity index (χ1v) is 6.79. The highest BCUT2D eigenvalue weighted by Gasteiger charge is 2.23. The number of rotatable bonds is 4. The van der Waals surface area contributed by atoms with Crippen LogP contribution in [0.3, 0.4) is 0 Å². The number of hydrogen-bond donors (Lipinski definition) is 0. The third-order valence-corrected chi connectivity index (χ3v) is 4.20. The van der Waals surface area contributed by atoms with Gasteiger partial charge in [-0.1, -0.05) is 26.0 Å². The first-order chi connectivity index (χ1) is 7.89. The number of nitrogens with zero attached hydrogens (tertiary/aromatic N) is 2. The maximum absolute atomic E-state index is 12.2. The summed E-state index contributed by atoms with van der Waals surface area (Å²) in [6.07, 6.45) is 0. The van der Waals surface area contributed by atoms with Gasteiger partial charge in [0.15, 0.2) is 0 Å². The first-order valence-electron chi connectivity index (χ1n) is 5.35. The van der Waals surface area contributed by atoms with Crippen LogP contribution in [0.15, 0.2) is 29.2 Å². The molecule has 1 aromatic carbocycles. The SMILES string of the molecule is CC(C)CN(C)S(=O)(=O)c1ccccc1C#N. The third-order valence-electron chi connectivity index (χ3n) is 2.32. The van der Waals surface area contributed by atoms with E-state index in [0.29, 0.717) is 6.54 Å². The van der Waals surface area contributed by atoms with E-state index in [4.69, 9.17) is 5.26 Å². The van der Waals surface area contributed by atoms with Crippen LogP contribution in [0.2, 0.25) is 0 Å². The Balaban J connectivity index is 3.18. The smallest absolute Gasteiger partial charge is 0.207 e. The molecule has 0 spiro atoms. The zero-order valence-electron chi connectivity index (χ0n) is 10.2. The Labute approximate surface area is 103 Å². The zero-order valence-corrected chi connectivity index (χ0v) is 11.0. The summed E-state index contributed by atoms with van der Waals surface area (Å²) in [5.41, 5.74) is 0.183. The van der Waals surface area contributed by atoms with Crippen molar-refractivity contribution >= 4 is 10.0 Å². The van der Waals surface area contributed by atoms with E-state index in [0.717, 1.165) is 0 Å². The van der Waals surface area contributed by atoms with Crippen molar-refractivity contribution in [2.24, 2.45) is 5.92 Å². The molecule has 0 heterocycles. The lowest BCUT2D eigenvalue weighted by atomic mass is 10.2. The maximum atomic E-state index is 12.2. The lowest BCUT2D eigenvalue weighted by molar-refractivity contribution is 0.417. The van der Waals surface area contributed by atoms with E-state index in [1.807, 2.05) is 19.9 Å². The summed E-state index contributed by atoms with van der Waals surface area (Å²) in [6, 6.07) is 8.15. The lowest BCUT2D eigenvalue weighted by Crippen LogP contribution is -2.30. The van der Waals surface area contributed by atoms with Crippen molar-refractivity contribution in [3.63, 3.8) is 0 Å². The fourth-order valence-electron chi connectivity index (χ4n) is 1.56. The summed E-state index contributed by atoms with van der Waals surface area (Å²) in [4.78, 5) is 0.0747. The van der Waals surface area contributed by atoms with E-state index in [1.165, 1.54) is 23.5 Å². The second-order valence-corrected chi connectivity index (χ2v) is 6.30. The molecule has 0 saturated heterocycles. The summed E-state index contributed by atoms with van der Waals surface area (Å²) in [7, 11) is -2.03. The Morgan fingerprint density at radius 3 is 2.47 bits per heavy atom. The van der Waals surface area contributed by atoms with Crippen LogP contribution in [0.1, 0.15) is 19.4 Å². The molecule has 0 aliphatic carbocycles. The second kappa shape index (κ2) is 5.30. The molecular weight excluding hydrogens is 236 g/mol. The normalized spacial score (nSPS) is 11.8. The van der Waals surface area contributed by atoms with Gasteiger partial charge in [-0.2, -0.15) is 5.26 Å². The quantitative estimate of drug-likeness (QED) is 0.821. The molecule has 0 bridgehead atoms. The molecule has 1 aromatic rings. The minimum Gasteiger partial charge on any atom is -0.207 e. The molecular formula is C12H16N2O2S. The topological polar surface area (TPSA) is 61.2 Å². The largest absolute Gasteiger partial charge is 0.244 e. The van der Waals surface area contributed by atoms with Gasteiger partial charge in [0, 0.05) is 13.6 Å². The van der Waals surface area contributed by atoms with Gasteiger partial charge >= 0.3 is 0 Å². The van der Waals surface area contributed by atoms with E-state index < -0.39 is 10.0 Å². The molecule has 0 fully saturated rings. The summed E-state index contributed by atoms with van der Waals surface area (Å²) in [5.74, 6) is 0.240. The number of benzene rings is 1. The number of hydrogen-bond acceptors (Lipinski definition) is 3. The molecule has 92 valence electrons. The molecule has 0 N–H and O–H groups in total. The van der Waals surface area contributed by atoms with Gasteiger partial charge in [-0.3, -0.25) is 0 Å². The van der Waals surface area contributed by atoms with Crippen LogP contribution in [0.4, 0.5) is 0 Å². The monoisotopic (exact) mass is 252 g/mol. The summed E-state index contributed by atoms with van der Waals surface area (Å²) in [5, 5.41) is 8.91. The van der Waals surface area contributed by atoms with Crippen LogP contribution in [-0.2, 0) is 10.0 Å². The first kappa shape index (κ1) is 13.7. The highest BCUT2D eigenvalue weighted by Crippen LogP contribution is 2.19.